The largest absolute Gasteiger partial charge is 0.425 e. The molecule has 3 aromatic rings. The first kappa shape index (κ1) is 16.8. The highest BCUT2D eigenvalue weighted by Crippen LogP contribution is 2.33. The third-order valence-electron chi connectivity index (χ3n) is 5.47. The SMILES string of the molecule is CCc1nnc([C@H]2CCCN(Cc3cn4ccccc4c3C#N)[C@H]2C)o1. The van der Waals surface area contributed by atoms with Gasteiger partial charge in [-0.25, -0.2) is 0 Å². The van der Waals surface area contributed by atoms with Crippen LogP contribution in [-0.4, -0.2) is 32.1 Å². The fourth-order valence-electron chi connectivity index (χ4n) is 3.97. The number of fused-ring (bicyclic) bond motifs is 1. The summed E-state index contributed by atoms with van der Waals surface area (Å²) in [4.78, 5) is 2.43. The number of likely N-dealkylation sites (tertiary alicyclic amines) is 1. The molecule has 0 N–H and O–H groups in total. The summed E-state index contributed by atoms with van der Waals surface area (Å²) < 4.78 is 7.86. The Bertz CT molecular complexity index is 951. The van der Waals surface area contributed by atoms with E-state index in [9.17, 15) is 5.26 Å². The smallest absolute Gasteiger partial charge is 0.221 e. The topological polar surface area (TPSA) is 70.4 Å². The lowest BCUT2D eigenvalue weighted by atomic mass is 9.89. The van der Waals surface area contributed by atoms with Crippen LogP contribution >= 0.6 is 0 Å². The number of piperidine rings is 1. The fraction of sp³-hybridized carbons (Fsp3) is 0.450. The predicted molar refractivity (Wildman–Crippen MR) is 97.6 cm³/mol. The summed E-state index contributed by atoms with van der Waals surface area (Å²) in [6.45, 7) is 6.02. The molecule has 26 heavy (non-hydrogen) atoms. The zero-order valence-electron chi connectivity index (χ0n) is 15.2. The highest BCUT2D eigenvalue weighted by molar-refractivity contribution is 5.65. The van der Waals surface area contributed by atoms with Crippen LogP contribution < -0.4 is 0 Å². The summed E-state index contributed by atoms with van der Waals surface area (Å²) in [5, 5.41) is 18.0. The number of hydrogen-bond donors (Lipinski definition) is 0. The summed E-state index contributed by atoms with van der Waals surface area (Å²) in [5.41, 5.74) is 2.81. The molecule has 0 aromatic carbocycles. The average molecular weight is 349 g/mol. The zero-order valence-corrected chi connectivity index (χ0v) is 15.2. The molecule has 0 bridgehead atoms. The number of rotatable bonds is 4. The predicted octanol–water partition coefficient (Wildman–Crippen LogP) is 3.52. The lowest BCUT2D eigenvalue weighted by Crippen LogP contribution is -2.41. The van der Waals surface area contributed by atoms with Crippen LogP contribution in [0.4, 0.5) is 0 Å². The quantitative estimate of drug-likeness (QED) is 0.721. The van der Waals surface area contributed by atoms with Crippen LogP contribution in [0.2, 0.25) is 0 Å². The van der Waals surface area contributed by atoms with E-state index in [4.69, 9.17) is 4.42 Å². The first-order chi connectivity index (χ1) is 12.7. The van der Waals surface area contributed by atoms with Crippen LogP contribution in [0.3, 0.4) is 0 Å². The van der Waals surface area contributed by atoms with E-state index in [0.717, 1.165) is 54.9 Å². The van der Waals surface area contributed by atoms with Crippen molar-refractivity contribution in [3.05, 3.63) is 53.5 Å². The van der Waals surface area contributed by atoms with E-state index in [2.05, 4.69) is 34.3 Å². The molecule has 1 aliphatic rings. The van der Waals surface area contributed by atoms with E-state index < -0.39 is 0 Å². The molecule has 1 aliphatic heterocycles. The average Bonchev–Trinajstić information content (AvgIpc) is 3.27. The fourth-order valence-corrected chi connectivity index (χ4v) is 3.97. The van der Waals surface area contributed by atoms with Crippen molar-refractivity contribution in [2.24, 2.45) is 0 Å². The number of aryl methyl sites for hydroxylation is 1. The molecule has 0 saturated carbocycles. The summed E-state index contributed by atoms with van der Waals surface area (Å²) in [6.07, 6.45) is 6.99. The van der Waals surface area contributed by atoms with Gasteiger partial charge in [0.15, 0.2) is 0 Å². The molecule has 0 unspecified atom stereocenters. The monoisotopic (exact) mass is 349 g/mol. The van der Waals surface area contributed by atoms with Crippen LogP contribution in [0.5, 0.6) is 0 Å². The molecule has 1 saturated heterocycles. The van der Waals surface area contributed by atoms with E-state index in [-0.39, 0.29) is 5.92 Å². The zero-order chi connectivity index (χ0) is 18.1. The van der Waals surface area contributed by atoms with Crippen molar-refractivity contribution in [2.45, 2.75) is 51.6 Å². The van der Waals surface area contributed by atoms with Crippen molar-refractivity contribution in [1.29, 1.82) is 5.26 Å². The molecule has 1 fully saturated rings. The molecular formula is C20H23N5O. The second kappa shape index (κ2) is 6.93. The Labute approximate surface area is 153 Å². The van der Waals surface area contributed by atoms with Crippen molar-refractivity contribution < 1.29 is 4.42 Å². The minimum absolute atomic E-state index is 0.249. The molecule has 6 nitrogen and oxygen atoms in total. The summed E-state index contributed by atoms with van der Waals surface area (Å²) in [7, 11) is 0. The van der Waals surface area contributed by atoms with Gasteiger partial charge in [0, 0.05) is 37.0 Å². The third kappa shape index (κ3) is 2.89. The lowest BCUT2D eigenvalue weighted by Gasteiger charge is -2.37. The maximum absolute atomic E-state index is 9.65. The highest BCUT2D eigenvalue weighted by atomic mass is 16.4. The molecule has 3 aromatic heterocycles. The summed E-state index contributed by atoms with van der Waals surface area (Å²) >= 11 is 0. The molecular weight excluding hydrogens is 326 g/mol. The van der Waals surface area contributed by atoms with E-state index in [1.165, 1.54) is 0 Å². The van der Waals surface area contributed by atoms with Gasteiger partial charge in [-0.05, 0) is 38.4 Å². The Kier molecular flexibility index (Phi) is 4.48. The van der Waals surface area contributed by atoms with Crippen molar-refractivity contribution in [3.63, 3.8) is 0 Å². The Morgan fingerprint density at radius 1 is 1.35 bits per heavy atom. The Balaban J connectivity index is 1.59. The van der Waals surface area contributed by atoms with Gasteiger partial charge in [-0.3, -0.25) is 4.90 Å². The number of nitrogens with zero attached hydrogens (tertiary/aromatic N) is 5. The summed E-state index contributed by atoms with van der Waals surface area (Å²) in [5.74, 6) is 1.70. The minimum atomic E-state index is 0.249. The molecule has 0 amide bonds. The van der Waals surface area contributed by atoms with Gasteiger partial charge in [-0.2, -0.15) is 5.26 Å². The van der Waals surface area contributed by atoms with Gasteiger partial charge in [-0.1, -0.05) is 13.0 Å². The van der Waals surface area contributed by atoms with E-state index in [0.29, 0.717) is 11.9 Å². The molecule has 4 heterocycles. The van der Waals surface area contributed by atoms with Crippen LogP contribution in [-0.2, 0) is 13.0 Å². The third-order valence-corrected chi connectivity index (χ3v) is 5.47. The second-order valence-electron chi connectivity index (χ2n) is 6.98. The first-order valence-corrected chi connectivity index (χ1v) is 9.26. The van der Waals surface area contributed by atoms with Crippen LogP contribution in [0.25, 0.3) is 5.52 Å². The molecule has 0 aliphatic carbocycles. The van der Waals surface area contributed by atoms with Crippen molar-refractivity contribution in [2.75, 3.05) is 6.54 Å². The van der Waals surface area contributed by atoms with Crippen molar-refractivity contribution in [3.8, 4) is 6.07 Å². The molecule has 4 rings (SSSR count). The Morgan fingerprint density at radius 3 is 3.00 bits per heavy atom. The van der Waals surface area contributed by atoms with Gasteiger partial charge in [0.05, 0.1) is 17.0 Å². The highest BCUT2D eigenvalue weighted by Gasteiger charge is 2.33. The van der Waals surface area contributed by atoms with Crippen LogP contribution in [0, 0.1) is 11.3 Å². The van der Waals surface area contributed by atoms with Gasteiger partial charge in [-0.15, -0.1) is 10.2 Å². The maximum Gasteiger partial charge on any atom is 0.221 e. The Hall–Kier alpha value is -2.65. The lowest BCUT2D eigenvalue weighted by molar-refractivity contribution is 0.118. The van der Waals surface area contributed by atoms with Crippen LogP contribution in [0.1, 0.15) is 55.5 Å². The van der Waals surface area contributed by atoms with Gasteiger partial charge in [0.1, 0.15) is 6.07 Å². The number of nitriles is 1. The standard InChI is InChI=1S/C20H23N5O/c1-3-19-22-23-20(26-19)16-7-6-10-24(14(16)2)12-15-13-25-9-5-4-8-18(25)17(15)11-21/h4-5,8-9,13-14,16H,3,6-7,10,12H2,1-2H3/t14-,16-/m0/s1. The normalized spacial score (nSPS) is 21.1. The van der Waals surface area contributed by atoms with Gasteiger partial charge >= 0.3 is 0 Å². The Morgan fingerprint density at radius 2 is 2.23 bits per heavy atom. The van der Waals surface area contributed by atoms with Gasteiger partial charge in [0.25, 0.3) is 0 Å². The molecule has 0 radical (unpaired) electrons. The maximum atomic E-state index is 9.65. The van der Waals surface area contributed by atoms with E-state index >= 15 is 0 Å². The number of pyridine rings is 1. The number of hydrogen-bond acceptors (Lipinski definition) is 5. The minimum Gasteiger partial charge on any atom is -0.425 e. The molecule has 0 spiro atoms. The van der Waals surface area contributed by atoms with Gasteiger partial charge < -0.3 is 8.82 Å². The molecule has 134 valence electrons. The van der Waals surface area contributed by atoms with Crippen LogP contribution in [0.15, 0.2) is 35.0 Å². The molecule has 6 heteroatoms. The number of aromatic nitrogens is 3. The van der Waals surface area contributed by atoms with E-state index in [1.807, 2.05) is 35.7 Å². The van der Waals surface area contributed by atoms with Crippen molar-refractivity contribution in [1.82, 2.24) is 19.5 Å². The summed E-state index contributed by atoms with van der Waals surface area (Å²) in [6, 6.07) is 8.64. The van der Waals surface area contributed by atoms with Gasteiger partial charge in [0.2, 0.25) is 11.8 Å². The van der Waals surface area contributed by atoms with E-state index in [1.54, 1.807) is 0 Å². The molecule has 2 atom stereocenters. The van der Waals surface area contributed by atoms with Crippen molar-refractivity contribution >= 4 is 5.52 Å². The second-order valence-corrected chi connectivity index (χ2v) is 6.98. The first-order valence-electron chi connectivity index (χ1n) is 9.26.